The summed E-state index contributed by atoms with van der Waals surface area (Å²) in [4.78, 5) is 0. The van der Waals surface area contributed by atoms with Gasteiger partial charge in [0.15, 0.2) is 0 Å². The van der Waals surface area contributed by atoms with Crippen molar-refractivity contribution in [3.05, 3.63) is 251 Å². The number of fused-ring (bicyclic) bond motifs is 22. The molecule has 14 rings (SSSR count). The molecule has 0 aromatic heterocycles. The van der Waals surface area contributed by atoms with E-state index in [9.17, 15) is 0 Å². The molecule has 10 aromatic rings. The van der Waals surface area contributed by atoms with Gasteiger partial charge in [-0.3, -0.25) is 0 Å². The molecule has 0 bridgehead atoms. The molecule has 4 aliphatic rings. The lowest BCUT2D eigenvalue weighted by Gasteiger charge is -2.40. The van der Waals surface area contributed by atoms with Crippen molar-refractivity contribution in [1.29, 1.82) is 0 Å². The Morgan fingerprint density at radius 2 is 0.746 bits per heavy atom. The van der Waals surface area contributed by atoms with Gasteiger partial charge in [0.05, 0.1) is 10.8 Å². The van der Waals surface area contributed by atoms with Crippen molar-refractivity contribution in [2.75, 3.05) is 0 Å². The summed E-state index contributed by atoms with van der Waals surface area (Å²) in [5.74, 6) is 1.82. The highest BCUT2D eigenvalue weighted by Crippen LogP contribution is 2.65. The number of ether oxygens (including phenoxy) is 1. The molecule has 0 atom stereocenters. The van der Waals surface area contributed by atoms with Gasteiger partial charge in [0.2, 0.25) is 0 Å². The van der Waals surface area contributed by atoms with E-state index in [1.54, 1.807) is 0 Å². The fourth-order valence-corrected chi connectivity index (χ4v) is 11.9. The molecule has 0 unspecified atom stereocenters. The molecule has 1 aliphatic heterocycles. The van der Waals surface area contributed by atoms with E-state index in [0.717, 1.165) is 11.5 Å². The number of hydrogen-bond acceptors (Lipinski definition) is 1. The highest BCUT2D eigenvalue weighted by molar-refractivity contribution is 6.06. The second-order valence-corrected chi connectivity index (χ2v) is 16.7. The van der Waals surface area contributed by atoms with Gasteiger partial charge in [0.1, 0.15) is 11.5 Å². The summed E-state index contributed by atoms with van der Waals surface area (Å²) in [6.07, 6.45) is 0. The fraction of sp³-hybridized carbons (Fsp3) is 0.0345. The highest BCUT2D eigenvalue weighted by Gasteiger charge is 2.53. The van der Waals surface area contributed by atoms with Gasteiger partial charge in [-0.2, -0.15) is 0 Å². The maximum Gasteiger partial charge on any atom is 0.132 e. The molecule has 2 spiro atoms. The van der Waals surface area contributed by atoms with Crippen molar-refractivity contribution in [3.63, 3.8) is 0 Å². The van der Waals surface area contributed by atoms with E-state index in [1.807, 2.05) is 0 Å². The van der Waals surface area contributed by atoms with Crippen LogP contribution in [0.3, 0.4) is 0 Å². The van der Waals surface area contributed by atoms with Crippen LogP contribution in [-0.2, 0) is 10.8 Å². The SMILES string of the molecule is c1ccc2c(c1)-c1ccccc1C21c2cc(-c3ccc4c(c3)C3(c5ccccc5-c5ccccc53)c3ccc5ccccc5c3-4)ccc2Oc2cc3ccccc3cc21. The quantitative estimate of drug-likeness (QED) is 0.163. The summed E-state index contributed by atoms with van der Waals surface area (Å²) >= 11 is 0. The van der Waals surface area contributed by atoms with Crippen LogP contribution in [0, 0.1) is 0 Å². The smallest absolute Gasteiger partial charge is 0.132 e. The topological polar surface area (TPSA) is 9.23 Å². The van der Waals surface area contributed by atoms with Crippen LogP contribution in [0.15, 0.2) is 206 Å². The molecule has 1 heterocycles. The molecule has 0 radical (unpaired) electrons. The fourth-order valence-electron chi connectivity index (χ4n) is 11.9. The lowest BCUT2D eigenvalue weighted by atomic mass is 9.65. The molecule has 0 saturated heterocycles. The van der Waals surface area contributed by atoms with Crippen molar-refractivity contribution in [2.24, 2.45) is 0 Å². The van der Waals surface area contributed by atoms with E-state index >= 15 is 0 Å². The molecular formula is C58H34O. The van der Waals surface area contributed by atoms with E-state index in [4.69, 9.17) is 4.74 Å². The van der Waals surface area contributed by atoms with Crippen molar-refractivity contribution < 1.29 is 4.74 Å². The van der Waals surface area contributed by atoms with Gasteiger partial charge in [0.25, 0.3) is 0 Å². The van der Waals surface area contributed by atoms with Gasteiger partial charge in [-0.25, -0.2) is 0 Å². The Morgan fingerprint density at radius 3 is 1.37 bits per heavy atom. The van der Waals surface area contributed by atoms with Crippen LogP contribution >= 0.6 is 0 Å². The zero-order valence-corrected chi connectivity index (χ0v) is 32.0. The molecule has 272 valence electrons. The summed E-state index contributed by atoms with van der Waals surface area (Å²) in [6, 6.07) is 77.3. The maximum absolute atomic E-state index is 7.00. The van der Waals surface area contributed by atoms with Crippen LogP contribution in [-0.4, -0.2) is 0 Å². The summed E-state index contributed by atoms with van der Waals surface area (Å²) < 4.78 is 7.00. The van der Waals surface area contributed by atoms with Crippen LogP contribution in [0.4, 0.5) is 0 Å². The summed E-state index contributed by atoms with van der Waals surface area (Å²) in [7, 11) is 0. The second-order valence-electron chi connectivity index (χ2n) is 16.7. The largest absolute Gasteiger partial charge is 0.457 e. The normalized spacial score (nSPS) is 14.8. The minimum absolute atomic E-state index is 0.445. The van der Waals surface area contributed by atoms with Crippen LogP contribution in [0.5, 0.6) is 11.5 Å². The first kappa shape index (κ1) is 31.6. The molecule has 0 amide bonds. The number of rotatable bonds is 1. The van der Waals surface area contributed by atoms with E-state index in [-0.39, 0.29) is 0 Å². The average molecular weight is 747 g/mol. The third-order valence-corrected chi connectivity index (χ3v) is 14.1. The highest BCUT2D eigenvalue weighted by atomic mass is 16.5. The average Bonchev–Trinajstić information content (AvgIpc) is 3.89. The third-order valence-electron chi connectivity index (χ3n) is 14.1. The van der Waals surface area contributed by atoms with Crippen molar-refractivity contribution >= 4 is 21.5 Å². The Kier molecular flexibility index (Phi) is 5.96. The van der Waals surface area contributed by atoms with Crippen LogP contribution in [0.1, 0.15) is 44.5 Å². The zero-order chi connectivity index (χ0) is 38.5. The van der Waals surface area contributed by atoms with Gasteiger partial charge in [-0.05, 0) is 130 Å². The van der Waals surface area contributed by atoms with E-state index < -0.39 is 10.8 Å². The number of benzene rings is 10. The molecule has 10 aromatic carbocycles. The van der Waals surface area contributed by atoms with Crippen molar-refractivity contribution in [3.8, 4) is 56.0 Å². The van der Waals surface area contributed by atoms with E-state index in [2.05, 4.69) is 206 Å². The minimum Gasteiger partial charge on any atom is -0.457 e. The molecule has 1 nitrogen and oxygen atoms in total. The molecule has 3 aliphatic carbocycles. The second kappa shape index (κ2) is 11.1. The predicted molar refractivity (Wildman–Crippen MR) is 241 cm³/mol. The van der Waals surface area contributed by atoms with Gasteiger partial charge in [-0.1, -0.05) is 176 Å². The number of hydrogen-bond donors (Lipinski definition) is 0. The van der Waals surface area contributed by atoms with Crippen molar-refractivity contribution in [1.82, 2.24) is 0 Å². The van der Waals surface area contributed by atoms with Gasteiger partial charge in [-0.15, -0.1) is 0 Å². The molecule has 1 heteroatoms. The first-order chi connectivity index (χ1) is 29.2. The van der Waals surface area contributed by atoms with E-state index in [1.165, 1.54) is 111 Å². The summed E-state index contributed by atoms with van der Waals surface area (Å²) in [6.45, 7) is 0. The van der Waals surface area contributed by atoms with Crippen LogP contribution < -0.4 is 4.74 Å². The predicted octanol–water partition coefficient (Wildman–Crippen LogP) is 14.5. The minimum atomic E-state index is -0.563. The Labute approximate surface area is 342 Å². The molecular weight excluding hydrogens is 713 g/mol. The Bertz CT molecular complexity index is 3400. The third kappa shape index (κ3) is 3.77. The molecule has 0 fully saturated rings. The standard InChI is InChI=1S/C58H34O/c1-2-15-37-34-55-53(32-36(37)14-1)58(48-23-11-7-19-43(48)44-20-8-12-24-49(44)58)52-33-39(27-30-54(52)59-55)38-25-28-45-51(31-38)57(50-29-26-35-13-3-4-16-40(35)56(45)50)46-21-9-5-17-41(46)42-18-6-10-22-47(42)57/h1-34H. The Morgan fingerprint density at radius 1 is 0.271 bits per heavy atom. The van der Waals surface area contributed by atoms with Crippen LogP contribution in [0.2, 0.25) is 0 Å². The van der Waals surface area contributed by atoms with E-state index in [0.29, 0.717) is 0 Å². The van der Waals surface area contributed by atoms with Gasteiger partial charge < -0.3 is 4.74 Å². The van der Waals surface area contributed by atoms with Gasteiger partial charge in [0, 0.05) is 11.1 Å². The van der Waals surface area contributed by atoms with Crippen LogP contribution in [0.25, 0.3) is 66.1 Å². The first-order valence-electron chi connectivity index (χ1n) is 20.7. The Balaban J connectivity index is 1.06. The molecule has 0 N–H and O–H groups in total. The summed E-state index contributed by atoms with van der Waals surface area (Å²) in [5.41, 5.74) is 19.6. The lowest BCUT2D eigenvalue weighted by Crippen LogP contribution is -2.32. The lowest BCUT2D eigenvalue weighted by molar-refractivity contribution is 0.437. The van der Waals surface area contributed by atoms with Crippen molar-refractivity contribution in [2.45, 2.75) is 10.8 Å². The zero-order valence-electron chi connectivity index (χ0n) is 32.0. The first-order valence-corrected chi connectivity index (χ1v) is 20.7. The van der Waals surface area contributed by atoms with Gasteiger partial charge >= 0.3 is 0 Å². The summed E-state index contributed by atoms with van der Waals surface area (Å²) in [5, 5.41) is 4.96. The molecule has 59 heavy (non-hydrogen) atoms. The monoisotopic (exact) mass is 746 g/mol. The Hall–Kier alpha value is -7.48. The molecule has 0 saturated carbocycles. The maximum atomic E-state index is 7.00.